The van der Waals surface area contributed by atoms with E-state index in [9.17, 15) is 14.4 Å². The molecule has 0 aliphatic carbocycles. The summed E-state index contributed by atoms with van der Waals surface area (Å²) in [5.41, 5.74) is 0. The molecule has 0 N–H and O–H groups in total. The topological polar surface area (TPSA) is 63.7 Å². The fourth-order valence-corrected chi connectivity index (χ4v) is 2.53. The summed E-state index contributed by atoms with van der Waals surface area (Å²) in [5.74, 6) is 0.339. The van der Waals surface area contributed by atoms with Gasteiger partial charge in [-0.3, -0.25) is 9.59 Å². The molecule has 15 heavy (non-hydrogen) atoms. The number of hydrogen-bond acceptors (Lipinski definition) is 4. The number of rotatable bonds is 3. The van der Waals surface area contributed by atoms with E-state index in [1.54, 1.807) is 0 Å². The van der Waals surface area contributed by atoms with Gasteiger partial charge in [0.05, 0.1) is 6.61 Å². The summed E-state index contributed by atoms with van der Waals surface area (Å²) in [6.07, 6.45) is -0.190. The van der Waals surface area contributed by atoms with Gasteiger partial charge < -0.3 is 4.74 Å². The molecule has 0 aromatic heterocycles. The molecule has 1 aliphatic heterocycles. The number of nitrogens with zero attached hydrogens (tertiary/aromatic N) is 1. The maximum atomic E-state index is 11.3. The first kappa shape index (κ1) is 12.3. The SMILES string of the molecule is O=C1[SH4]CCN(C(=O)OCCCCl)C1=O. The first-order chi connectivity index (χ1) is 7.16. The molecule has 1 aliphatic rings. The lowest BCUT2D eigenvalue weighted by molar-refractivity contribution is -0.139. The van der Waals surface area contributed by atoms with Crippen molar-refractivity contribution in [1.82, 2.24) is 4.90 Å². The number of hydrogen-bond donors (Lipinski definition) is 0. The van der Waals surface area contributed by atoms with Gasteiger partial charge in [-0.15, -0.1) is 11.6 Å². The molecule has 1 heterocycles. The third kappa shape index (κ3) is 3.39. The molecule has 0 radical (unpaired) electrons. The van der Waals surface area contributed by atoms with Crippen molar-refractivity contribution < 1.29 is 19.1 Å². The molecule has 0 aromatic carbocycles. The molecular weight excluding hydrogens is 242 g/mol. The van der Waals surface area contributed by atoms with Crippen LogP contribution in [0.25, 0.3) is 0 Å². The van der Waals surface area contributed by atoms with Gasteiger partial charge in [0, 0.05) is 12.4 Å². The van der Waals surface area contributed by atoms with E-state index in [1.165, 1.54) is 0 Å². The monoisotopic (exact) mass is 255 g/mol. The second kappa shape index (κ2) is 5.97. The minimum Gasteiger partial charge on any atom is -0.449 e. The van der Waals surface area contributed by atoms with E-state index in [2.05, 4.69) is 0 Å². The Bertz CT molecular complexity index is 284. The summed E-state index contributed by atoms with van der Waals surface area (Å²) in [4.78, 5) is 34.6. The Morgan fingerprint density at radius 1 is 1.53 bits per heavy atom. The van der Waals surface area contributed by atoms with Gasteiger partial charge in [-0.2, -0.15) is 0 Å². The number of alkyl halides is 1. The van der Waals surface area contributed by atoms with E-state index in [0.717, 1.165) is 4.90 Å². The van der Waals surface area contributed by atoms with E-state index in [4.69, 9.17) is 16.3 Å². The van der Waals surface area contributed by atoms with Crippen LogP contribution < -0.4 is 0 Å². The van der Waals surface area contributed by atoms with Crippen LogP contribution in [-0.2, 0) is 14.3 Å². The third-order valence-electron chi connectivity index (χ3n) is 1.99. The van der Waals surface area contributed by atoms with Gasteiger partial charge in [-0.05, 0) is 12.2 Å². The predicted octanol–water partition coefficient (Wildman–Crippen LogP) is -0.217. The standard InChI is InChI=1S/C8H14ClNO4S/c9-2-1-4-14-8(13)10-3-5-15-7(12)6(10)11/h1-5H2,15H4. The molecule has 1 rings (SSSR count). The lowest BCUT2D eigenvalue weighted by Crippen LogP contribution is -2.45. The number of carbonyl (C=O) groups excluding carboxylic acids is 3. The summed E-state index contributed by atoms with van der Waals surface area (Å²) >= 11 is 4.44. The highest BCUT2D eigenvalue weighted by atomic mass is 35.5. The van der Waals surface area contributed by atoms with Crippen molar-refractivity contribution in [2.75, 3.05) is 24.8 Å². The highest BCUT2D eigenvalue weighted by molar-refractivity contribution is 8.15. The third-order valence-corrected chi connectivity index (χ3v) is 3.69. The maximum Gasteiger partial charge on any atom is 0.416 e. The molecule has 7 heteroatoms. The largest absolute Gasteiger partial charge is 0.449 e. The maximum absolute atomic E-state index is 11.3. The van der Waals surface area contributed by atoms with Gasteiger partial charge in [-0.1, -0.05) is 0 Å². The van der Waals surface area contributed by atoms with Gasteiger partial charge in [0.15, 0.2) is 0 Å². The van der Waals surface area contributed by atoms with Crippen LogP contribution in [0, 0.1) is 0 Å². The van der Waals surface area contributed by atoms with Crippen molar-refractivity contribution >= 4 is 40.5 Å². The summed E-state index contributed by atoms with van der Waals surface area (Å²) in [6, 6.07) is 0. The molecule has 5 nitrogen and oxygen atoms in total. The van der Waals surface area contributed by atoms with Gasteiger partial charge in [0.25, 0.3) is 0 Å². The summed E-state index contributed by atoms with van der Waals surface area (Å²) in [7, 11) is 0. The van der Waals surface area contributed by atoms with E-state index < -0.39 is 28.9 Å². The van der Waals surface area contributed by atoms with Crippen molar-refractivity contribution in [3.05, 3.63) is 0 Å². The lowest BCUT2D eigenvalue weighted by atomic mass is 10.5. The molecular formula is C8H14ClNO4S. The van der Waals surface area contributed by atoms with Crippen LogP contribution in [-0.4, -0.2) is 46.8 Å². The lowest BCUT2D eigenvalue weighted by Gasteiger charge is -2.24. The van der Waals surface area contributed by atoms with Crippen molar-refractivity contribution in [2.24, 2.45) is 0 Å². The quantitative estimate of drug-likeness (QED) is 0.398. The Kier molecular flexibility index (Phi) is 4.90. The number of carbonyl (C=O) groups is 3. The smallest absolute Gasteiger partial charge is 0.416 e. The van der Waals surface area contributed by atoms with Gasteiger partial charge >= 0.3 is 12.0 Å². The average molecular weight is 256 g/mol. The highest BCUT2D eigenvalue weighted by Crippen LogP contribution is 2.13. The molecule has 0 atom stereocenters. The first-order valence-corrected chi connectivity index (χ1v) is 6.98. The minimum atomic E-state index is -0.961. The van der Waals surface area contributed by atoms with Crippen LogP contribution in [0.1, 0.15) is 6.42 Å². The van der Waals surface area contributed by atoms with Gasteiger partial charge in [-0.25, -0.2) is 21.5 Å². The van der Waals surface area contributed by atoms with Crippen LogP contribution in [0.5, 0.6) is 0 Å². The van der Waals surface area contributed by atoms with Crippen LogP contribution in [0.4, 0.5) is 4.79 Å². The first-order valence-electron chi connectivity index (χ1n) is 4.74. The Hall–Kier alpha value is -0.750. The summed E-state index contributed by atoms with van der Waals surface area (Å²) in [5, 5.41) is -0.393. The number of halogens is 1. The van der Waals surface area contributed by atoms with Gasteiger partial charge in [0.2, 0.25) is 5.12 Å². The van der Waals surface area contributed by atoms with Gasteiger partial charge in [0.1, 0.15) is 0 Å². The normalized spacial score (nSPS) is 17.3. The Morgan fingerprint density at radius 3 is 2.93 bits per heavy atom. The Balaban J connectivity index is 2.44. The Labute approximate surface area is 96.1 Å². The highest BCUT2D eigenvalue weighted by Gasteiger charge is 2.30. The molecule has 1 saturated heterocycles. The van der Waals surface area contributed by atoms with Crippen molar-refractivity contribution in [2.45, 2.75) is 6.42 Å². The molecule has 1 fully saturated rings. The molecule has 0 bridgehead atoms. The van der Waals surface area contributed by atoms with Crippen molar-refractivity contribution in [3.63, 3.8) is 0 Å². The number of ether oxygens (including phenoxy) is 1. The zero-order valence-electron chi connectivity index (χ0n) is 8.20. The van der Waals surface area contributed by atoms with Crippen molar-refractivity contribution in [1.29, 1.82) is 0 Å². The predicted molar refractivity (Wildman–Crippen MR) is 61.4 cm³/mol. The fourth-order valence-electron chi connectivity index (χ4n) is 1.22. The molecule has 2 amide bonds. The van der Waals surface area contributed by atoms with E-state index >= 15 is 0 Å². The fraction of sp³-hybridized carbons (Fsp3) is 0.625. The summed E-state index contributed by atoms with van der Waals surface area (Å²) < 4.78 is 4.79. The van der Waals surface area contributed by atoms with E-state index in [0.29, 0.717) is 24.6 Å². The van der Waals surface area contributed by atoms with Crippen molar-refractivity contribution in [3.8, 4) is 0 Å². The Morgan fingerprint density at radius 2 is 2.27 bits per heavy atom. The molecule has 0 unspecified atom stereocenters. The molecule has 0 spiro atoms. The van der Waals surface area contributed by atoms with Crippen LogP contribution in [0.3, 0.4) is 0 Å². The van der Waals surface area contributed by atoms with Crippen LogP contribution in [0.15, 0.2) is 0 Å². The van der Waals surface area contributed by atoms with E-state index in [1.807, 2.05) is 0 Å². The second-order valence-corrected chi connectivity index (χ2v) is 5.37. The van der Waals surface area contributed by atoms with Crippen LogP contribution in [0.2, 0.25) is 0 Å². The molecule has 0 aromatic rings. The molecule has 88 valence electrons. The number of imide groups is 1. The van der Waals surface area contributed by atoms with E-state index in [-0.39, 0.29) is 6.61 Å². The van der Waals surface area contributed by atoms with Crippen LogP contribution >= 0.6 is 23.4 Å². The zero-order chi connectivity index (χ0) is 11.3. The minimum absolute atomic E-state index is 0.178. The number of amides is 2. The zero-order valence-corrected chi connectivity index (χ0v) is 10.4. The second-order valence-electron chi connectivity index (χ2n) is 3.14. The summed E-state index contributed by atoms with van der Waals surface area (Å²) in [6.45, 7) is 0.494. The average Bonchev–Trinajstić information content (AvgIpc) is 2.22. The molecule has 0 saturated carbocycles.